The van der Waals surface area contributed by atoms with Crippen LogP contribution in [-0.2, 0) is 19.7 Å². The molecule has 0 radical (unpaired) electrons. The first-order chi connectivity index (χ1) is 13.0. The molecule has 18 heteroatoms. The molecule has 0 amide bonds. The van der Waals surface area contributed by atoms with E-state index in [0.717, 1.165) is 6.08 Å². The van der Waals surface area contributed by atoms with E-state index in [0.29, 0.717) is 12.2 Å². The van der Waals surface area contributed by atoms with E-state index < -0.39 is 64.7 Å². The molecular formula is C12H6F12O4S2. The summed E-state index contributed by atoms with van der Waals surface area (Å²) in [5.41, 5.74) is -1.82. The summed E-state index contributed by atoms with van der Waals surface area (Å²) >= 11 is 0. The lowest BCUT2D eigenvalue weighted by atomic mass is 10.1. The number of hydrogen-bond donors (Lipinski definition) is 0. The Bertz CT molecular complexity index is 995. The van der Waals surface area contributed by atoms with E-state index in [-0.39, 0.29) is 6.08 Å². The molecule has 0 saturated heterocycles. The molecule has 0 aliphatic heterocycles. The molecule has 1 rings (SSSR count). The third-order valence-corrected chi connectivity index (χ3v) is 8.01. The van der Waals surface area contributed by atoms with Crippen LogP contribution in [0.2, 0.25) is 0 Å². The zero-order valence-electron chi connectivity index (χ0n) is 13.5. The molecule has 0 spiro atoms. The number of alkyl halides is 12. The zero-order valence-corrected chi connectivity index (χ0v) is 15.1. The molecule has 1 aliphatic carbocycles. The van der Waals surface area contributed by atoms with Crippen molar-refractivity contribution >= 4 is 19.7 Å². The average Bonchev–Trinajstić information content (AvgIpc) is 2.52. The topological polar surface area (TPSA) is 68.3 Å². The van der Waals surface area contributed by atoms with E-state index in [1.165, 1.54) is 0 Å². The summed E-state index contributed by atoms with van der Waals surface area (Å²) in [7, 11) is -15.9. The van der Waals surface area contributed by atoms with E-state index in [1.807, 2.05) is 0 Å². The monoisotopic (exact) mass is 506 g/mol. The zero-order chi connectivity index (χ0) is 24.2. The Morgan fingerprint density at radius 3 is 1.43 bits per heavy atom. The number of halogens is 12. The SMILES string of the molecule is O=S(=O)(/C(=C1\C=CC=CC1)S(=O)(=O)C(F)(F)C(F)(F)C(F)(F)F)C(F)(F)C(F)(F)F. The number of rotatable bonds is 5. The highest BCUT2D eigenvalue weighted by Gasteiger charge is 2.81. The van der Waals surface area contributed by atoms with Gasteiger partial charge in [0, 0.05) is 0 Å². The first kappa shape index (κ1) is 26.3. The van der Waals surface area contributed by atoms with E-state index in [1.54, 1.807) is 0 Å². The molecule has 174 valence electrons. The molecule has 0 heterocycles. The first-order valence-corrected chi connectivity index (χ1v) is 9.77. The second kappa shape index (κ2) is 7.16. The highest BCUT2D eigenvalue weighted by molar-refractivity contribution is 8.15. The highest BCUT2D eigenvalue weighted by Crippen LogP contribution is 2.54. The summed E-state index contributed by atoms with van der Waals surface area (Å²) in [6, 6.07) is 0. The van der Waals surface area contributed by atoms with E-state index in [9.17, 15) is 69.5 Å². The van der Waals surface area contributed by atoms with Crippen LogP contribution in [0.4, 0.5) is 52.7 Å². The largest absolute Gasteiger partial charge is 0.469 e. The lowest BCUT2D eigenvalue weighted by Crippen LogP contribution is -2.57. The lowest BCUT2D eigenvalue weighted by Gasteiger charge is -2.30. The minimum atomic E-state index is -8.02. The van der Waals surface area contributed by atoms with Crippen molar-refractivity contribution in [2.75, 3.05) is 0 Å². The summed E-state index contributed by atoms with van der Waals surface area (Å²) in [4.78, 5) is 0. The van der Waals surface area contributed by atoms with Gasteiger partial charge in [0.2, 0.25) is 0 Å². The summed E-state index contributed by atoms with van der Waals surface area (Å²) < 4.78 is 198. The van der Waals surface area contributed by atoms with Crippen LogP contribution in [0.5, 0.6) is 0 Å². The standard InChI is InChI=1S/C12H6F12O4S2/c13-8(14,9(15,16)17)11(21,22)29(25,26)7(6-4-2-1-3-5-6)30(27,28)12(23,24)10(18,19)20/h1-4H,5H2/b7-6+. The van der Waals surface area contributed by atoms with Gasteiger partial charge in [-0.1, -0.05) is 24.3 Å². The van der Waals surface area contributed by atoms with Crippen molar-refractivity contribution in [1.82, 2.24) is 0 Å². The van der Waals surface area contributed by atoms with Gasteiger partial charge in [0.25, 0.3) is 19.7 Å². The number of sulfone groups is 2. The molecule has 0 aromatic rings. The second-order valence-electron chi connectivity index (χ2n) is 5.41. The molecule has 0 saturated carbocycles. The predicted molar refractivity (Wildman–Crippen MR) is 74.7 cm³/mol. The third kappa shape index (κ3) is 3.71. The Kier molecular flexibility index (Phi) is 6.28. The van der Waals surface area contributed by atoms with Gasteiger partial charge in [-0.05, 0) is 12.0 Å². The van der Waals surface area contributed by atoms with Crippen molar-refractivity contribution in [3.63, 3.8) is 0 Å². The first-order valence-electron chi connectivity index (χ1n) is 6.80. The fourth-order valence-electron chi connectivity index (χ4n) is 1.87. The van der Waals surface area contributed by atoms with Crippen LogP contribution < -0.4 is 0 Å². The number of hydrogen-bond acceptors (Lipinski definition) is 4. The Morgan fingerprint density at radius 1 is 0.667 bits per heavy atom. The quantitative estimate of drug-likeness (QED) is 0.516. The molecule has 0 bridgehead atoms. The number of allylic oxidation sites excluding steroid dienone is 5. The van der Waals surface area contributed by atoms with Gasteiger partial charge in [-0.3, -0.25) is 0 Å². The maximum Gasteiger partial charge on any atom is 0.469 e. The van der Waals surface area contributed by atoms with Gasteiger partial charge in [-0.15, -0.1) is 0 Å². The van der Waals surface area contributed by atoms with Crippen LogP contribution in [0.3, 0.4) is 0 Å². The van der Waals surface area contributed by atoms with Gasteiger partial charge in [-0.25, -0.2) is 16.8 Å². The molecule has 0 atom stereocenters. The van der Waals surface area contributed by atoms with Crippen molar-refractivity contribution < 1.29 is 69.5 Å². The Labute approximate surface area is 159 Å². The third-order valence-electron chi connectivity index (χ3n) is 3.36. The summed E-state index contributed by atoms with van der Waals surface area (Å²) in [5, 5.41) is -14.6. The molecule has 0 unspecified atom stereocenters. The van der Waals surface area contributed by atoms with Crippen LogP contribution in [-0.4, -0.2) is 45.6 Å². The van der Waals surface area contributed by atoms with Gasteiger partial charge >= 0.3 is 28.8 Å². The van der Waals surface area contributed by atoms with Crippen molar-refractivity contribution in [2.45, 2.75) is 35.2 Å². The smallest absolute Gasteiger partial charge is 0.216 e. The lowest BCUT2D eigenvalue weighted by molar-refractivity contribution is -0.331. The van der Waals surface area contributed by atoms with Crippen molar-refractivity contribution in [3.05, 3.63) is 34.1 Å². The van der Waals surface area contributed by atoms with Crippen LogP contribution in [0, 0.1) is 0 Å². The fourth-order valence-corrected chi connectivity index (χ4v) is 5.87. The molecule has 1 aliphatic rings. The normalized spacial score (nSPS) is 19.2. The minimum absolute atomic E-state index is 0.0682. The van der Waals surface area contributed by atoms with Gasteiger partial charge in [-0.2, -0.15) is 52.7 Å². The van der Waals surface area contributed by atoms with Crippen molar-refractivity contribution in [2.24, 2.45) is 0 Å². The van der Waals surface area contributed by atoms with Crippen LogP contribution in [0.15, 0.2) is 34.1 Å². The molecule has 30 heavy (non-hydrogen) atoms. The maximum atomic E-state index is 13.8. The molecule has 0 aromatic carbocycles. The minimum Gasteiger partial charge on any atom is -0.216 e. The van der Waals surface area contributed by atoms with Crippen molar-refractivity contribution in [1.29, 1.82) is 0 Å². The van der Waals surface area contributed by atoms with E-state index in [2.05, 4.69) is 0 Å². The van der Waals surface area contributed by atoms with Gasteiger partial charge in [0.1, 0.15) is 0 Å². The van der Waals surface area contributed by atoms with Gasteiger partial charge < -0.3 is 0 Å². The van der Waals surface area contributed by atoms with Crippen LogP contribution >= 0.6 is 0 Å². The Morgan fingerprint density at radius 2 is 1.10 bits per heavy atom. The van der Waals surface area contributed by atoms with Crippen LogP contribution in [0.25, 0.3) is 0 Å². The molecule has 0 fully saturated rings. The maximum absolute atomic E-state index is 13.8. The fraction of sp³-hybridized carbons (Fsp3) is 0.500. The van der Waals surface area contributed by atoms with Gasteiger partial charge in [0.05, 0.1) is 0 Å². The summed E-state index contributed by atoms with van der Waals surface area (Å²) in [6.07, 6.45) is -13.7. The van der Waals surface area contributed by atoms with E-state index >= 15 is 0 Å². The van der Waals surface area contributed by atoms with Crippen molar-refractivity contribution in [3.8, 4) is 0 Å². The molecular weight excluding hydrogens is 500 g/mol. The molecule has 0 aromatic heterocycles. The molecule has 0 N–H and O–H groups in total. The Hall–Kier alpha value is -1.72. The predicted octanol–water partition coefficient (Wildman–Crippen LogP) is 4.49. The highest BCUT2D eigenvalue weighted by atomic mass is 32.3. The summed E-state index contributed by atoms with van der Waals surface area (Å²) in [6.45, 7) is 0. The Balaban J connectivity index is 4.07. The van der Waals surface area contributed by atoms with Crippen LogP contribution in [0.1, 0.15) is 6.42 Å². The van der Waals surface area contributed by atoms with E-state index in [4.69, 9.17) is 0 Å². The molecule has 4 nitrogen and oxygen atoms in total. The van der Waals surface area contributed by atoms with Gasteiger partial charge in [0.15, 0.2) is 4.24 Å². The summed E-state index contributed by atoms with van der Waals surface area (Å²) in [5.74, 6) is -7.57. The average molecular weight is 506 g/mol. The second-order valence-corrected chi connectivity index (χ2v) is 9.53.